The fourth-order valence-electron chi connectivity index (χ4n) is 3.35. The fraction of sp³-hybridized carbons (Fsp3) is 0.588. The van der Waals surface area contributed by atoms with Crippen LogP contribution in [0.25, 0.3) is 0 Å². The molecule has 2 aliphatic heterocycles. The molecular formula is C17H24BrClN4O. The summed E-state index contributed by atoms with van der Waals surface area (Å²) in [5.41, 5.74) is 1.07. The Bertz CT molecular complexity index is 592. The van der Waals surface area contributed by atoms with E-state index in [4.69, 9.17) is 16.3 Å². The lowest BCUT2D eigenvalue weighted by Gasteiger charge is -2.32. The van der Waals surface area contributed by atoms with E-state index in [1.165, 1.54) is 6.42 Å². The maximum absolute atomic E-state index is 6.30. The molecule has 2 saturated heterocycles. The molecular weight excluding hydrogens is 392 g/mol. The van der Waals surface area contributed by atoms with Crippen molar-refractivity contribution in [3.05, 3.63) is 33.3 Å². The Kier molecular flexibility index (Phi) is 6.38. The number of rotatable bonds is 3. The van der Waals surface area contributed by atoms with Crippen molar-refractivity contribution in [1.82, 2.24) is 15.1 Å². The molecule has 0 bridgehead atoms. The molecule has 1 aromatic rings. The van der Waals surface area contributed by atoms with Gasteiger partial charge in [-0.25, -0.2) is 0 Å². The molecule has 0 aliphatic carbocycles. The zero-order chi connectivity index (χ0) is 16.9. The number of benzene rings is 1. The summed E-state index contributed by atoms with van der Waals surface area (Å²) in [7, 11) is 1.84. The molecule has 5 nitrogen and oxygen atoms in total. The Balaban J connectivity index is 1.55. The second kappa shape index (κ2) is 8.52. The molecule has 0 radical (unpaired) electrons. The topological polar surface area (TPSA) is 40.1 Å². The third kappa shape index (κ3) is 4.42. The van der Waals surface area contributed by atoms with Gasteiger partial charge in [-0.2, -0.15) is 0 Å². The first kappa shape index (κ1) is 18.0. The first-order valence-electron chi connectivity index (χ1n) is 8.38. The first-order valence-corrected chi connectivity index (χ1v) is 9.56. The Hall–Kier alpha value is -0.820. The highest BCUT2D eigenvalue weighted by atomic mass is 79.9. The van der Waals surface area contributed by atoms with Crippen molar-refractivity contribution in [2.45, 2.75) is 19.0 Å². The Morgan fingerprint density at radius 2 is 2.17 bits per heavy atom. The van der Waals surface area contributed by atoms with Gasteiger partial charge in [-0.05, 0) is 24.1 Å². The summed E-state index contributed by atoms with van der Waals surface area (Å²) in [6, 6.07) is 6.57. The monoisotopic (exact) mass is 414 g/mol. The van der Waals surface area contributed by atoms with Gasteiger partial charge in [0.2, 0.25) is 0 Å². The lowest BCUT2D eigenvalue weighted by molar-refractivity contribution is 0.0195. The summed E-state index contributed by atoms with van der Waals surface area (Å²) in [5.74, 6) is 0.949. The molecule has 24 heavy (non-hydrogen) atoms. The van der Waals surface area contributed by atoms with Crippen LogP contribution in [0.15, 0.2) is 27.7 Å². The number of nitrogens with one attached hydrogen (secondary N) is 1. The van der Waals surface area contributed by atoms with E-state index in [2.05, 4.69) is 36.0 Å². The molecule has 1 atom stereocenters. The molecule has 132 valence electrons. The third-order valence-electron chi connectivity index (χ3n) is 4.69. The summed E-state index contributed by atoms with van der Waals surface area (Å²) in [5, 5.41) is 4.21. The standard InChI is InChI=1S/C17H24BrClN4O/c1-20-17(21-11-13-2-3-14(18)10-16(13)19)23-5-4-15(12-23)22-6-8-24-9-7-22/h2-3,10,15H,4-9,11-12H2,1H3,(H,20,21). The largest absolute Gasteiger partial charge is 0.379 e. The van der Waals surface area contributed by atoms with Crippen LogP contribution in [0.1, 0.15) is 12.0 Å². The second-order valence-electron chi connectivity index (χ2n) is 6.17. The van der Waals surface area contributed by atoms with Crippen LogP contribution in [-0.4, -0.2) is 68.2 Å². The first-order chi connectivity index (χ1) is 11.7. The number of morpholine rings is 1. The molecule has 0 amide bonds. The highest BCUT2D eigenvalue weighted by Crippen LogP contribution is 2.22. The van der Waals surface area contributed by atoms with Gasteiger partial charge < -0.3 is 15.0 Å². The van der Waals surface area contributed by atoms with Crippen molar-refractivity contribution >= 4 is 33.5 Å². The van der Waals surface area contributed by atoms with Crippen molar-refractivity contribution < 1.29 is 4.74 Å². The molecule has 7 heteroatoms. The van der Waals surface area contributed by atoms with Crippen LogP contribution in [-0.2, 0) is 11.3 Å². The van der Waals surface area contributed by atoms with E-state index in [0.717, 1.165) is 60.4 Å². The van der Waals surface area contributed by atoms with Crippen molar-refractivity contribution in [2.24, 2.45) is 4.99 Å². The smallest absolute Gasteiger partial charge is 0.193 e. The van der Waals surface area contributed by atoms with Gasteiger partial charge >= 0.3 is 0 Å². The molecule has 0 saturated carbocycles. The molecule has 1 unspecified atom stereocenters. The van der Waals surface area contributed by atoms with Gasteiger partial charge in [0.05, 0.1) is 13.2 Å². The van der Waals surface area contributed by atoms with Gasteiger partial charge in [-0.15, -0.1) is 0 Å². The van der Waals surface area contributed by atoms with Crippen LogP contribution < -0.4 is 5.32 Å². The average Bonchev–Trinajstić information content (AvgIpc) is 3.08. The molecule has 2 heterocycles. The van der Waals surface area contributed by atoms with E-state index >= 15 is 0 Å². The minimum absolute atomic E-state index is 0.601. The molecule has 0 spiro atoms. The number of guanidine groups is 1. The van der Waals surface area contributed by atoms with Crippen LogP contribution in [0.5, 0.6) is 0 Å². The van der Waals surface area contributed by atoms with Crippen LogP contribution >= 0.6 is 27.5 Å². The van der Waals surface area contributed by atoms with Gasteiger partial charge in [0.15, 0.2) is 5.96 Å². The van der Waals surface area contributed by atoms with Gasteiger partial charge in [0.25, 0.3) is 0 Å². The predicted octanol–water partition coefficient (Wildman–Crippen LogP) is 2.58. The minimum Gasteiger partial charge on any atom is -0.379 e. The summed E-state index contributed by atoms with van der Waals surface area (Å²) >= 11 is 9.74. The summed E-state index contributed by atoms with van der Waals surface area (Å²) in [6.07, 6.45) is 1.18. The zero-order valence-electron chi connectivity index (χ0n) is 14.0. The van der Waals surface area contributed by atoms with Gasteiger partial charge in [-0.1, -0.05) is 33.6 Å². The van der Waals surface area contributed by atoms with Crippen molar-refractivity contribution in [3.63, 3.8) is 0 Å². The van der Waals surface area contributed by atoms with Gasteiger partial charge in [0, 0.05) is 55.3 Å². The highest BCUT2D eigenvalue weighted by molar-refractivity contribution is 9.10. The normalized spacial score (nSPS) is 22.9. The summed E-state index contributed by atoms with van der Waals surface area (Å²) in [6.45, 7) is 6.52. The molecule has 3 rings (SSSR count). The minimum atomic E-state index is 0.601. The lowest BCUT2D eigenvalue weighted by Crippen LogP contribution is -2.46. The third-order valence-corrected chi connectivity index (χ3v) is 5.53. The van der Waals surface area contributed by atoms with Gasteiger partial charge in [-0.3, -0.25) is 9.89 Å². The van der Waals surface area contributed by atoms with E-state index in [1.54, 1.807) is 0 Å². The number of hydrogen-bond donors (Lipinski definition) is 1. The predicted molar refractivity (Wildman–Crippen MR) is 102 cm³/mol. The number of likely N-dealkylation sites (tertiary alicyclic amines) is 1. The Morgan fingerprint density at radius 3 is 2.88 bits per heavy atom. The lowest BCUT2D eigenvalue weighted by atomic mass is 10.2. The van der Waals surface area contributed by atoms with E-state index in [9.17, 15) is 0 Å². The number of halogens is 2. The summed E-state index contributed by atoms with van der Waals surface area (Å²) in [4.78, 5) is 9.33. The van der Waals surface area contributed by atoms with Crippen LogP contribution in [0, 0.1) is 0 Å². The molecule has 0 aromatic heterocycles. The number of aliphatic imine (C=N–C) groups is 1. The van der Waals surface area contributed by atoms with Crippen LogP contribution in [0.3, 0.4) is 0 Å². The van der Waals surface area contributed by atoms with E-state index in [-0.39, 0.29) is 0 Å². The Morgan fingerprint density at radius 1 is 1.38 bits per heavy atom. The number of hydrogen-bond acceptors (Lipinski definition) is 3. The average molecular weight is 416 g/mol. The maximum Gasteiger partial charge on any atom is 0.193 e. The van der Waals surface area contributed by atoms with E-state index < -0.39 is 0 Å². The molecule has 1 N–H and O–H groups in total. The fourth-order valence-corrected chi connectivity index (χ4v) is 4.09. The van der Waals surface area contributed by atoms with Crippen molar-refractivity contribution in [2.75, 3.05) is 46.4 Å². The van der Waals surface area contributed by atoms with Gasteiger partial charge in [0.1, 0.15) is 0 Å². The van der Waals surface area contributed by atoms with E-state index in [1.807, 2.05) is 25.2 Å². The number of nitrogens with zero attached hydrogens (tertiary/aromatic N) is 3. The summed E-state index contributed by atoms with van der Waals surface area (Å²) < 4.78 is 6.45. The van der Waals surface area contributed by atoms with Crippen LogP contribution in [0.4, 0.5) is 0 Å². The van der Waals surface area contributed by atoms with Crippen LogP contribution in [0.2, 0.25) is 5.02 Å². The van der Waals surface area contributed by atoms with Crippen molar-refractivity contribution in [3.8, 4) is 0 Å². The Labute approximate surface area is 157 Å². The second-order valence-corrected chi connectivity index (χ2v) is 7.50. The molecule has 2 aliphatic rings. The zero-order valence-corrected chi connectivity index (χ0v) is 16.3. The van der Waals surface area contributed by atoms with Crippen molar-refractivity contribution in [1.29, 1.82) is 0 Å². The van der Waals surface area contributed by atoms with E-state index in [0.29, 0.717) is 12.6 Å². The maximum atomic E-state index is 6.30. The highest BCUT2D eigenvalue weighted by Gasteiger charge is 2.30. The molecule has 1 aromatic carbocycles. The SMILES string of the molecule is CN=C(NCc1ccc(Br)cc1Cl)N1CCC(N2CCOCC2)C1. The number of ether oxygens (including phenoxy) is 1. The molecule has 2 fully saturated rings. The quantitative estimate of drug-likeness (QED) is 0.608.